The topological polar surface area (TPSA) is 363 Å². The second-order valence-electron chi connectivity index (χ2n) is 28.6. The van der Waals surface area contributed by atoms with Gasteiger partial charge in [-0.05, 0) is 251 Å². The molecule has 0 aliphatic heterocycles. The van der Waals surface area contributed by atoms with Crippen molar-refractivity contribution in [2.24, 2.45) is 0 Å². The fourth-order valence-electron chi connectivity index (χ4n) is 11.0. The minimum atomic E-state index is -0.819. The molecule has 0 saturated heterocycles. The van der Waals surface area contributed by atoms with Crippen molar-refractivity contribution in [3.63, 3.8) is 0 Å². The van der Waals surface area contributed by atoms with Gasteiger partial charge in [0.25, 0.3) is 0 Å². The Bertz CT molecular complexity index is 4380. The average Bonchev–Trinajstić information content (AvgIpc) is 0.827. The Hall–Kier alpha value is -8.79. The zero-order chi connectivity index (χ0) is 97.3. The predicted molar refractivity (Wildman–Crippen MR) is 543 cm³/mol. The van der Waals surface area contributed by atoms with E-state index in [9.17, 15) is 38.4 Å². The molecule has 728 valence electrons. The Morgan fingerprint density at radius 2 is 0.477 bits per heavy atom. The predicted octanol–water partition coefficient (Wildman–Crippen LogP) is 26.9. The highest BCUT2D eigenvalue weighted by Crippen LogP contribution is 2.33. The summed E-state index contributed by atoms with van der Waals surface area (Å²) in [5, 5.41) is 68.4. The maximum Gasteiger partial charge on any atom is 0.313 e. The molecule has 0 aromatic heterocycles. The molecule has 0 aliphatic rings. The zero-order valence-corrected chi connectivity index (χ0v) is 84.3. The number of hydrogen-bond donors (Lipinski definition) is 8. The molecule has 8 aromatic rings. The molecule has 0 amide bonds. The SMILES string of the molecule is COc1ccc(SCCC(=O)O)cc1.COc1ccc(SCCCC(=O)O)cc1.COc1cccc(SCCCCCC(=O)O)c1.COc1cccc(SCCCCCCCC(=O)O)c1.COc1cccc(SCCCCCCCCCC(=O)O)c1.COc1ccccc1SCCCCC(=O)O.COc1ccccc1SCCCCCCC(=O)O.O=C(O)CSc1cccc(Cl)c1. The smallest absolute Gasteiger partial charge is 0.313 e. The van der Waals surface area contributed by atoms with Crippen LogP contribution in [0.2, 0.25) is 5.02 Å². The van der Waals surface area contributed by atoms with Crippen LogP contribution in [0.1, 0.15) is 186 Å². The molecule has 0 fully saturated rings. The van der Waals surface area contributed by atoms with E-state index in [0.29, 0.717) is 36.5 Å². The molecule has 0 unspecified atom stereocenters. The highest BCUT2D eigenvalue weighted by atomic mass is 35.5. The molecule has 23 nitrogen and oxygen atoms in total. The van der Waals surface area contributed by atoms with Gasteiger partial charge in [0.2, 0.25) is 0 Å². The molecule has 0 radical (unpaired) electrons. The number of ether oxygens (including phenoxy) is 7. The summed E-state index contributed by atoms with van der Waals surface area (Å²) >= 11 is 19.2. The van der Waals surface area contributed by atoms with E-state index in [1.165, 1.54) is 81.6 Å². The van der Waals surface area contributed by atoms with Gasteiger partial charge in [-0.2, -0.15) is 0 Å². The normalized spacial score (nSPS) is 10.2. The molecular weight excluding hydrogens is 1860 g/mol. The van der Waals surface area contributed by atoms with Crippen molar-refractivity contribution in [1.29, 1.82) is 0 Å². The second kappa shape index (κ2) is 82.9. The number of unbranched alkanes of at least 4 members (excludes halogenated alkanes) is 16. The van der Waals surface area contributed by atoms with Gasteiger partial charge in [0.05, 0.1) is 61.9 Å². The molecule has 132 heavy (non-hydrogen) atoms. The van der Waals surface area contributed by atoms with Gasteiger partial charge >= 0.3 is 47.8 Å². The van der Waals surface area contributed by atoms with E-state index in [-0.39, 0.29) is 31.4 Å². The van der Waals surface area contributed by atoms with E-state index in [1.54, 1.807) is 115 Å². The summed E-state index contributed by atoms with van der Waals surface area (Å²) in [7, 11) is 11.6. The monoisotopic (exact) mass is 1990 g/mol. The van der Waals surface area contributed by atoms with Gasteiger partial charge in [-0.25, -0.2) is 0 Å². The summed E-state index contributed by atoms with van der Waals surface area (Å²) in [6, 6.07) is 62.6. The average molecular weight is 2000 g/mol. The van der Waals surface area contributed by atoms with E-state index in [4.69, 9.17) is 85.6 Å². The third-order valence-electron chi connectivity index (χ3n) is 17.9. The molecule has 0 saturated carbocycles. The number of rotatable bonds is 60. The van der Waals surface area contributed by atoms with E-state index in [2.05, 4.69) is 36.4 Å². The van der Waals surface area contributed by atoms with E-state index in [1.807, 2.05) is 163 Å². The summed E-state index contributed by atoms with van der Waals surface area (Å²) in [6.45, 7) is 0. The summed E-state index contributed by atoms with van der Waals surface area (Å²) in [5.41, 5.74) is 0. The van der Waals surface area contributed by atoms with Crippen LogP contribution in [0.3, 0.4) is 0 Å². The van der Waals surface area contributed by atoms with Gasteiger partial charge in [-0.3, -0.25) is 38.4 Å². The first kappa shape index (κ1) is 121. The van der Waals surface area contributed by atoms with Crippen molar-refractivity contribution in [3.05, 3.63) is 199 Å². The van der Waals surface area contributed by atoms with Crippen molar-refractivity contribution in [2.45, 2.75) is 225 Å². The van der Waals surface area contributed by atoms with Gasteiger partial charge in [-0.15, -0.1) is 94.1 Å². The molecule has 0 spiro atoms. The molecule has 32 heteroatoms. The van der Waals surface area contributed by atoms with Gasteiger partial charge in [0.1, 0.15) is 40.2 Å². The van der Waals surface area contributed by atoms with Crippen LogP contribution < -0.4 is 33.2 Å². The number of hydrogen-bond acceptors (Lipinski definition) is 23. The lowest BCUT2D eigenvalue weighted by atomic mass is 10.1. The quantitative estimate of drug-likeness (QED) is 0.0130. The number of methoxy groups -OCH3 is 7. The van der Waals surface area contributed by atoms with E-state index < -0.39 is 47.8 Å². The van der Waals surface area contributed by atoms with E-state index in [0.717, 1.165) is 191 Å². The van der Waals surface area contributed by atoms with Crippen LogP contribution in [0.15, 0.2) is 233 Å². The minimum Gasteiger partial charge on any atom is -0.497 e. The maximum absolute atomic E-state index is 10.4. The lowest BCUT2D eigenvalue weighted by molar-refractivity contribution is -0.138. The maximum atomic E-state index is 10.4. The van der Waals surface area contributed by atoms with Crippen molar-refractivity contribution in [1.82, 2.24) is 0 Å². The van der Waals surface area contributed by atoms with E-state index >= 15 is 0 Å². The zero-order valence-electron chi connectivity index (χ0n) is 77.0. The highest BCUT2D eigenvalue weighted by molar-refractivity contribution is 8.01. The number of aliphatic carboxylic acids is 8. The first-order chi connectivity index (χ1) is 63.8. The largest absolute Gasteiger partial charge is 0.497 e. The van der Waals surface area contributed by atoms with Crippen molar-refractivity contribution < 1.29 is 112 Å². The number of carbonyl (C=O) groups is 8. The van der Waals surface area contributed by atoms with Crippen LogP contribution in [-0.2, 0) is 38.4 Å². The Balaban J connectivity index is 0.000000758. The van der Waals surface area contributed by atoms with Gasteiger partial charge in [0, 0.05) is 88.5 Å². The lowest BCUT2D eigenvalue weighted by Crippen LogP contribution is -1.96. The third-order valence-corrected chi connectivity index (χ3v) is 26.8. The molecule has 0 bridgehead atoms. The number of carboxylic acids is 8. The standard InChI is InChI=1S/C17H26O3S.C15H22O3S.C14H20O3S.C13H18O3S.C12H16O3S.C11H14O3S.C10H12O3S.C8H7ClO2S/c1-20-15-10-9-11-16(14-15)21-13-8-6-4-2-3-5-7-12-17(18)19;1-18-13-8-7-9-14(12-13)19-11-6-4-2-3-5-10-15(16)17;1-17-12-8-5-6-9-13(12)18-11-7-3-2-4-10-14(15)16;1-16-11-6-5-7-12(10-11)17-9-4-2-3-8-13(14)15;1-15-10-6-2-3-7-11(10)16-9-5-4-8-12(13)14;1-14-9-4-6-10(7-5-9)15-8-2-3-11(12)13;1-13-8-2-4-9(5-3-8)14-7-6-10(11)12;9-6-2-1-3-7(4-6)12-5-8(10)11/h9-11,14H,2-8,12-13H2,1H3,(H,18,19);7-9,12H,2-6,10-11H2,1H3,(H,16,17);5-6,8-9H,2-4,7,10-11H2,1H3,(H,15,16);5-7,10H,2-4,8-9H2,1H3,(H,14,15);2-3,6-7H,4-5,8-9H2,1H3,(H,13,14);4-7H,2-3,8H2,1H3,(H,12,13);2-5H,6-7H2,1H3,(H,11,12);1-4H,5H2,(H,10,11). The fraction of sp³-hybridized carbons (Fsp3) is 0.440. The first-order valence-electron chi connectivity index (χ1n) is 43.8. The van der Waals surface area contributed by atoms with Gasteiger partial charge in [0.15, 0.2) is 0 Å². The molecule has 0 atom stereocenters. The molecule has 8 N–H and O–H groups in total. The van der Waals surface area contributed by atoms with Crippen LogP contribution in [0.25, 0.3) is 0 Å². The minimum absolute atomic E-state index is 0.0698. The van der Waals surface area contributed by atoms with Crippen LogP contribution >= 0.6 is 106 Å². The Morgan fingerprint density at radius 3 is 0.795 bits per heavy atom. The molecule has 8 rings (SSSR count). The molecule has 0 aliphatic carbocycles. The lowest BCUT2D eigenvalue weighted by Gasteiger charge is -2.07. The summed E-state index contributed by atoms with van der Waals surface area (Å²) < 4.78 is 36.1. The summed E-state index contributed by atoms with van der Waals surface area (Å²) in [5.74, 6) is 7.10. The van der Waals surface area contributed by atoms with Crippen LogP contribution in [0, 0.1) is 0 Å². The second-order valence-corrected chi connectivity index (χ2v) is 38.2. The molecular formula is C100H135ClO23S8. The fourth-order valence-corrected chi connectivity index (χ4v) is 18.6. The van der Waals surface area contributed by atoms with Gasteiger partial charge in [-0.1, -0.05) is 131 Å². The molecule has 8 aromatic carbocycles. The Morgan fingerprint density at radius 1 is 0.220 bits per heavy atom. The van der Waals surface area contributed by atoms with Crippen LogP contribution in [0.4, 0.5) is 0 Å². The third kappa shape index (κ3) is 71.8. The summed E-state index contributed by atoms with van der Waals surface area (Å²) in [6.07, 6.45) is 24.3. The Labute approximate surface area is 820 Å². The number of thioether (sulfide) groups is 8. The van der Waals surface area contributed by atoms with Crippen molar-refractivity contribution in [2.75, 3.05) is 95.8 Å². The van der Waals surface area contributed by atoms with Crippen molar-refractivity contribution >= 4 is 153 Å². The number of carboxylic acid groups (broad SMARTS) is 8. The first-order valence-corrected chi connectivity index (χ1v) is 52.0. The van der Waals surface area contributed by atoms with Crippen LogP contribution in [-0.4, -0.2) is 184 Å². The summed E-state index contributed by atoms with van der Waals surface area (Å²) in [4.78, 5) is 91.4. The number of benzene rings is 8. The highest BCUT2D eigenvalue weighted by Gasteiger charge is 2.09. The number of para-hydroxylation sites is 2. The number of halogens is 1. The van der Waals surface area contributed by atoms with Crippen LogP contribution in [0.5, 0.6) is 40.2 Å². The Kier molecular flexibility index (Phi) is 76.1. The molecule has 0 heterocycles. The van der Waals surface area contributed by atoms with Gasteiger partial charge < -0.3 is 74.0 Å². The van der Waals surface area contributed by atoms with Crippen molar-refractivity contribution in [3.8, 4) is 40.2 Å².